The summed E-state index contributed by atoms with van der Waals surface area (Å²) in [6.45, 7) is 3.60. The number of aromatic nitrogens is 3. The molecule has 0 unspecified atom stereocenters. The van der Waals surface area contributed by atoms with Crippen LogP contribution in [0.3, 0.4) is 0 Å². The fourth-order valence-corrected chi connectivity index (χ4v) is 1.97. The van der Waals surface area contributed by atoms with Crippen LogP contribution in [0, 0.1) is 19.7 Å². The third-order valence-electron chi connectivity index (χ3n) is 3.17. The van der Waals surface area contributed by atoms with Gasteiger partial charge in [-0.3, -0.25) is 0 Å². The largest absolute Gasteiger partial charge is 0.493 e. The van der Waals surface area contributed by atoms with Gasteiger partial charge in [-0.1, -0.05) is 12.1 Å². The smallest absolute Gasteiger partial charge is 0.218 e. The van der Waals surface area contributed by atoms with E-state index in [2.05, 4.69) is 10.1 Å². The normalized spacial score (nSPS) is 11.1. The number of benzene rings is 1. The van der Waals surface area contributed by atoms with Crippen molar-refractivity contribution in [3.8, 4) is 17.1 Å². The Labute approximate surface area is 109 Å². The van der Waals surface area contributed by atoms with Crippen LogP contribution in [0.4, 0.5) is 4.39 Å². The maximum absolute atomic E-state index is 13.2. The molecule has 4 nitrogen and oxygen atoms in total. The Kier molecular flexibility index (Phi) is 2.48. The first-order valence-electron chi connectivity index (χ1n) is 5.88. The van der Waals surface area contributed by atoms with Crippen LogP contribution in [-0.2, 0) is 0 Å². The van der Waals surface area contributed by atoms with Crippen LogP contribution >= 0.6 is 0 Å². The van der Waals surface area contributed by atoms with E-state index in [1.807, 2.05) is 6.92 Å². The predicted molar refractivity (Wildman–Crippen MR) is 69.5 cm³/mol. The quantitative estimate of drug-likeness (QED) is 0.729. The van der Waals surface area contributed by atoms with Gasteiger partial charge in [-0.05, 0) is 26.0 Å². The van der Waals surface area contributed by atoms with E-state index in [1.54, 1.807) is 25.1 Å². The van der Waals surface area contributed by atoms with Crippen molar-refractivity contribution >= 4 is 5.65 Å². The molecular weight excluding hydrogens is 245 g/mol. The number of hydrogen-bond acceptors (Lipinski definition) is 3. The summed E-state index contributed by atoms with van der Waals surface area (Å²) in [5.41, 5.74) is 3.20. The van der Waals surface area contributed by atoms with Crippen molar-refractivity contribution in [2.45, 2.75) is 13.8 Å². The molecule has 0 spiro atoms. The molecule has 19 heavy (non-hydrogen) atoms. The molecule has 5 heteroatoms. The van der Waals surface area contributed by atoms with E-state index in [-0.39, 0.29) is 11.7 Å². The molecule has 1 aromatic carbocycles. The Hall–Kier alpha value is -2.43. The highest BCUT2D eigenvalue weighted by Crippen LogP contribution is 2.25. The zero-order valence-corrected chi connectivity index (χ0v) is 10.6. The van der Waals surface area contributed by atoms with E-state index in [0.29, 0.717) is 22.5 Å². The van der Waals surface area contributed by atoms with E-state index in [1.165, 1.54) is 16.6 Å². The van der Waals surface area contributed by atoms with Crippen LogP contribution in [0.2, 0.25) is 0 Å². The molecule has 3 rings (SSSR count). The molecule has 3 aromatic rings. The lowest BCUT2D eigenvalue weighted by Gasteiger charge is -2.03. The Balaban J connectivity index is 2.25. The van der Waals surface area contributed by atoms with E-state index >= 15 is 0 Å². The van der Waals surface area contributed by atoms with Crippen molar-refractivity contribution in [3.05, 3.63) is 47.4 Å². The van der Waals surface area contributed by atoms with Gasteiger partial charge in [0.25, 0.3) is 0 Å². The molecule has 2 heterocycles. The summed E-state index contributed by atoms with van der Waals surface area (Å²) in [6.07, 6.45) is 0. The monoisotopic (exact) mass is 257 g/mol. The minimum absolute atomic E-state index is 0.0603. The van der Waals surface area contributed by atoms with E-state index in [0.717, 1.165) is 5.69 Å². The lowest BCUT2D eigenvalue weighted by molar-refractivity contribution is 0.430. The van der Waals surface area contributed by atoms with Gasteiger partial charge < -0.3 is 5.11 Å². The summed E-state index contributed by atoms with van der Waals surface area (Å²) >= 11 is 0. The Morgan fingerprint density at radius 2 is 2.00 bits per heavy atom. The summed E-state index contributed by atoms with van der Waals surface area (Å²) < 4.78 is 14.6. The molecule has 1 N–H and O–H groups in total. The number of aryl methyl sites for hydroxylation is 1. The van der Waals surface area contributed by atoms with Gasteiger partial charge in [-0.15, -0.1) is 0 Å². The van der Waals surface area contributed by atoms with Gasteiger partial charge in [-0.25, -0.2) is 9.37 Å². The summed E-state index contributed by atoms with van der Waals surface area (Å²) in [6, 6.07) is 7.89. The van der Waals surface area contributed by atoms with Crippen molar-refractivity contribution in [2.75, 3.05) is 0 Å². The van der Waals surface area contributed by atoms with Crippen LogP contribution in [0.15, 0.2) is 30.3 Å². The second-order valence-corrected chi connectivity index (χ2v) is 4.46. The first-order chi connectivity index (χ1) is 9.06. The molecule has 0 aliphatic rings. The topological polar surface area (TPSA) is 50.4 Å². The second-order valence-electron chi connectivity index (χ2n) is 4.46. The fourth-order valence-electron chi connectivity index (χ4n) is 1.97. The fraction of sp³-hybridized carbons (Fsp3) is 0.143. The maximum atomic E-state index is 13.2. The highest BCUT2D eigenvalue weighted by atomic mass is 19.1. The van der Waals surface area contributed by atoms with Gasteiger partial charge in [0.05, 0.1) is 5.69 Å². The molecular formula is C14H12FN3O. The Morgan fingerprint density at radius 3 is 2.74 bits per heavy atom. The predicted octanol–water partition coefficient (Wildman–Crippen LogP) is 2.86. The molecule has 0 bridgehead atoms. The summed E-state index contributed by atoms with van der Waals surface area (Å²) in [7, 11) is 0. The average Bonchev–Trinajstić information content (AvgIpc) is 2.80. The standard InChI is InChI=1S/C14H12FN3O/c1-8-9(2)16-13-7-12(17-18(13)14(8)19)10-4-3-5-11(15)6-10/h3-7,19H,1-2H3. The van der Waals surface area contributed by atoms with Crippen molar-refractivity contribution in [1.29, 1.82) is 0 Å². The molecule has 0 aliphatic heterocycles. The molecule has 2 aromatic heterocycles. The average molecular weight is 257 g/mol. The van der Waals surface area contributed by atoms with Crippen LogP contribution in [0.1, 0.15) is 11.3 Å². The van der Waals surface area contributed by atoms with Crippen LogP contribution in [-0.4, -0.2) is 19.7 Å². The van der Waals surface area contributed by atoms with Gasteiger partial charge in [0.2, 0.25) is 5.88 Å². The number of fused-ring (bicyclic) bond motifs is 1. The van der Waals surface area contributed by atoms with Gasteiger partial charge >= 0.3 is 0 Å². The first kappa shape index (κ1) is 11.6. The van der Waals surface area contributed by atoms with Gasteiger partial charge in [0.1, 0.15) is 5.82 Å². The maximum Gasteiger partial charge on any atom is 0.218 e. The summed E-state index contributed by atoms with van der Waals surface area (Å²) in [4.78, 5) is 4.35. The lowest BCUT2D eigenvalue weighted by Crippen LogP contribution is -1.97. The molecule has 0 radical (unpaired) electrons. The highest BCUT2D eigenvalue weighted by Gasteiger charge is 2.12. The molecule has 96 valence electrons. The highest BCUT2D eigenvalue weighted by molar-refractivity contribution is 5.64. The van der Waals surface area contributed by atoms with E-state index in [9.17, 15) is 9.50 Å². The van der Waals surface area contributed by atoms with Gasteiger partial charge in [0.15, 0.2) is 5.65 Å². The molecule has 0 fully saturated rings. The first-order valence-corrected chi connectivity index (χ1v) is 5.88. The van der Waals surface area contributed by atoms with Crippen LogP contribution < -0.4 is 0 Å². The summed E-state index contributed by atoms with van der Waals surface area (Å²) in [5, 5.41) is 14.3. The van der Waals surface area contributed by atoms with Gasteiger partial charge in [0, 0.05) is 22.9 Å². The van der Waals surface area contributed by atoms with Crippen LogP contribution in [0.25, 0.3) is 16.9 Å². The number of nitrogens with zero attached hydrogens (tertiary/aromatic N) is 3. The van der Waals surface area contributed by atoms with Crippen LogP contribution in [0.5, 0.6) is 5.88 Å². The van der Waals surface area contributed by atoms with Crippen molar-refractivity contribution in [1.82, 2.24) is 14.6 Å². The number of halogens is 1. The van der Waals surface area contributed by atoms with Gasteiger partial charge in [-0.2, -0.15) is 9.61 Å². The summed E-state index contributed by atoms with van der Waals surface area (Å²) in [5.74, 6) is -0.260. The van der Waals surface area contributed by atoms with E-state index in [4.69, 9.17) is 0 Å². The number of aromatic hydroxyl groups is 1. The minimum Gasteiger partial charge on any atom is -0.493 e. The molecule has 0 amide bonds. The molecule has 0 aliphatic carbocycles. The molecule has 0 saturated heterocycles. The third-order valence-corrected chi connectivity index (χ3v) is 3.17. The van der Waals surface area contributed by atoms with Crippen molar-refractivity contribution in [3.63, 3.8) is 0 Å². The van der Waals surface area contributed by atoms with Crippen molar-refractivity contribution in [2.24, 2.45) is 0 Å². The Bertz CT molecular complexity index is 780. The molecule has 0 saturated carbocycles. The van der Waals surface area contributed by atoms with E-state index < -0.39 is 0 Å². The number of rotatable bonds is 1. The Morgan fingerprint density at radius 1 is 1.21 bits per heavy atom. The molecule has 0 atom stereocenters. The number of hydrogen-bond donors (Lipinski definition) is 1. The van der Waals surface area contributed by atoms with Crippen molar-refractivity contribution < 1.29 is 9.50 Å². The third kappa shape index (κ3) is 1.83. The second kappa shape index (κ2) is 4.05. The minimum atomic E-state index is -0.320. The SMILES string of the molecule is Cc1nc2cc(-c3cccc(F)c3)nn2c(O)c1C. The zero-order valence-electron chi connectivity index (χ0n) is 10.6. The lowest BCUT2D eigenvalue weighted by atomic mass is 10.1. The zero-order chi connectivity index (χ0) is 13.6.